The molecule has 0 fully saturated rings. The molecule has 2 N–H and O–H groups in total. The van der Waals surface area contributed by atoms with E-state index in [-0.39, 0.29) is 12.5 Å². The Kier molecular flexibility index (Phi) is 3.95. The maximum atomic E-state index is 12.5. The van der Waals surface area contributed by atoms with E-state index < -0.39 is 12.3 Å². The Balaban J connectivity index is 2.84. The highest BCUT2D eigenvalue weighted by Crippen LogP contribution is 2.26. The third-order valence-corrected chi connectivity index (χ3v) is 3.14. The summed E-state index contributed by atoms with van der Waals surface area (Å²) in [5.41, 5.74) is 5.70. The summed E-state index contributed by atoms with van der Waals surface area (Å²) in [6, 6.07) is 0. The summed E-state index contributed by atoms with van der Waals surface area (Å²) in [5.74, 6) is -0.636. The number of thiazole rings is 1. The first-order valence-electron chi connectivity index (χ1n) is 4.49. The highest BCUT2D eigenvalue weighted by atomic mass is 32.1. The zero-order chi connectivity index (χ0) is 10.7. The van der Waals surface area contributed by atoms with E-state index in [0.29, 0.717) is 5.69 Å². The van der Waals surface area contributed by atoms with Crippen molar-refractivity contribution in [2.75, 3.05) is 6.54 Å². The number of alkyl halides is 2. The lowest BCUT2D eigenvalue weighted by atomic mass is 10.1. The van der Waals surface area contributed by atoms with Crippen LogP contribution in [0.4, 0.5) is 8.78 Å². The van der Waals surface area contributed by atoms with Crippen molar-refractivity contribution in [2.45, 2.75) is 32.1 Å². The van der Waals surface area contributed by atoms with Crippen molar-refractivity contribution in [3.63, 3.8) is 0 Å². The second-order valence-corrected chi connectivity index (χ2v) is 4.33. The van der Waals surface area contributed by atoms with E-state index in [4.69, 9.17) is 5.73 Å². The van der Waals surface area contributed by atoms with Crippen LogP contribution in [0.2, 0.25) is 0 Å². The average Bonchev–Trinajstić information content (AvgIpc) is 2.53. The number of nitrogens with zero attached hydrogens (tertiary/aromatic N) is 1. The van der Waals surface area contributed by atoms with Gasteiger partial charge >= 0.3 is 0 Å². The van der Waals surface area contributed by atoms with E-state index >= 15 is 0 Å². The molecule has 0 bridgehead atoms. The minimum atomic E-state index is -2.43. The van der Waals surface area contributed by atoms with Crippen LogP contribution in [0.5, 0.6) is 0 Å². The van der Waals surface area contributed by atoms with Gasteiger partial charge in [-0.1, -0.05) is 13.8 Å². The van der Waals surface area contributed by atoms with E-state index in [9.17, 15) is 8.78 Å². The van der Waals surface area contributed by atoms with Gasteiger partial charge in [0.05, 0.1) is 16.6 Å². The number of rotatable bonds is 4. The molecule has 0 saturated heterocycles. The third-order valence-electron chi connectivity index (χ3n) is 1.97. The van der Waals surface area contributed by atoms with E-state index in [1.54, 1.807) is 5.38 Å². The first-order chi connectivity index (χ1) is 6.56. The van der Waals surface area contributed by atoms with Gasteiger partial charge in [-0.2, -0.15) is 0 Å². The first kappa shape index (κ1) is 11.5. The maximum absolute atomic E-state index is 12.5. The molecule has 0 spiro atoms. The molecule has 0 aliphatic carbocycles. The molecule has 1 unspecified atom stereocenters. The first-order valence-corrected chi connectivity index (χ1v) is 5.37. The van der Waals surface area contributed by atoms with Crippen molar-refractivity contribution < 1.29 is 8.78 Å². The summed E-state index contributed by atoms with van der Waals surface area (Å²) in [5, 5.41) is 2.57. The summed E-state index contributed by atoms with van der Waals surface area (Å²) < 4.78 is 25.0. The molecule has 0 aromatic carbocycles. The predicted molar refractivity (Wildman–Crippen MR) is 54.0 cm³/mol. The molecule has 0 amide bonds. The van der Waals surface area contributed by atoms with Crippen LogP contribution in [0.25, 0.3) is 0 Å². The quantitative estimate of drug-likeness (QED) is 0.847. The van der Waals surface area contributed by atoms with Crippen molar-refractivity contribution in [1.82, 2.24) is 4.98 Å². The number of hydrogen-bond donors (Lipinski definition) is 1. The van der Waals surface area contributed by atoms with E-state index in [0.717, 1.165) is 5.01 Å². The van der Waals surface area contributed by atoms with Crippen LogP contribution in [0.3, 0.4) is 0 Å². The molecular formula is C9H14F2N2S. The molecule has 1 aromatic heterocycles. The van der Waals surface area contributed by atoms with Gasteiger partial charge in [-0.15, -0.1) is 11.3 Å². The van der Waals surface area contributed by atoms with Crippen LogP contribution in [-0.2, 0) is 0 Å². The fraction of sp³-hybridized carbons (Fsp3) is 0.667. The number of nitrogens with two attached hydrogens (primary N) is 1. The number of hydrogen-bond acceptors (Lipinski definition) is 3. The van der Waals surface area contributed by atoms with Crippen LogP contribution < -0.4 is 5.73 Å². The second-order valence-electron chi connectivity index (χ2n) is 3.44. The van der Waals surface area contributed by atoms with Gasteiger partial charge in [0.2, 0.25) is 6.43 Å². The highest BCUT2D eigenvalue weighted by Gasteiger charge is 2.23. The summed E-state index contributed by atoms with van der Waals surface area (Å²) in [7, 11) is 0. The van der Waals surface area contributed by atoms with Gasteiger partial charge in [0.15, 0.2) is 0 Å². The van der Waals surface area contributed by atoms with Gasteiger partial charge in [-0.25, -0.2) is 13.8 Å². The predicted octanol–water partition coefficient (Wildman–Crippen LogP) is 2.57. The molecule has 1 aromatic rings. The SMILES string of the molecule is CC(C)c1nc(C(CN)C(F)F)cs1. The Bertz CT molecular complexity index is 286. The Hall–Kier alpha value is -0.550. The van der Waals surface area contributed by atoms with Gasteiger partial charge < -0.3 is 5.73 Å². The van der Waals surface area contributed by atoms with Crippen molar-refractivity contribution in [3.8, 4) is 0 Å². The lowest BCUT2D eigenvalue weighted by Crippen LogP contribution is -2.20. The molecule has 1 atom stereocenters. The summed E-state index contributed by atoms with van der Waals surface area (Å²) in [6.45, 7) is 3.92. The third kappa shape index (κ3) is 2.48. The summed E-state index contributed by atoms with van der Waals surface area (Å²) >= 11 is 1.42. The Morgan fingerprint density at radius 1 is 1.50 bits per heavy atom. The Labute approximate surface area is 86.2 Å². The van der Waals surface area contributed by atoms with Crippen LogP contribution >= 0.6 is 11.3 Å². The van der Waals surface area contributed by atoms with Gasteiger partial charge in [-0.3, -0.25) is 0 Å². The van der Waals surface area contributed by atoms with Gasteiger partial charge in [-0.05, 0) is 0 Å². The normalized spacial score (nSPS) is 13.9. The molecule has 1 heterocycles. The lowest BCUT2D eigenvalue weighted by Gasteiger charge is -2.10. The molecule has 14 heavy (non-hydrogen) atoms. The van der Waals surface area contributed by atoms with Crippen molar-refractivity contribution in [1.29, 1.82) is 0 Å². The largest absolute Gasteiger partial charge is 0.330 e. The fourth-order valence-corrected chi connectivity index (χ4v) is 1.99. The smallest absolute Gasteiger partial charge is 0.248 e. The van der Waals surface area contributed by atoms with Crippen molar-refractivity contribution in [2.24, 2.45) is 5.73 Å². The topological polar surface area (TPSA) is 38.9 Å². The number of aromatic nitrogens is 1. The molecule has 1 rings (SSSR count). The van der Waals surface area contributed by atoms with Gasteiger partial charge in [0, 0.05) is 17.8 Å². The van der Waals surface area contributed by atoms with E-state index in [1.165, 1.54) is 11.3 Å². The van der Waals surface area contributed by atoms with Gasteiger partial charge in [0.1, 0.15) is 0 Å². The molecule has 0 aliphatic rings. The molecule has 80 valence electrons. The molecule has 5 heteroatoms. The van der Waals surface area contributed by atoms with Crippen LogP contribution in [0.15, 0.2) is 5.38 Å². The lowest BCUT2D eigenvalue weighted by molar-refractivity contribution is 0.115. The Morgan fingerprint density at radius 3 is 2.50 bits per heavy atom. The number of halogens is 2. The second kappa shape index (κ2) is 4.79. The molecular weight excluding hydrogens is 206 g/mol. The molecule has 2 nitrogen and oxygen atoms in total. The van der Waals surface area contributed by atoms with Crippen LogP contribution in [0, 0.1) is 0 Å². The highest BCUT2D eigenvalue weighted by molar-refractivity contribution is 7.09. The molecule has 0 saturated carbocycles. The minimum Gasteiger partial charge on any atom is -0.330 e. The monoisotopic (exact) mass is 220 g/mol. The van der Waals surface area contributed by atoms with Crippen LogP contribution in [-0.4, -0.2) is 18.0 Å². The zero-order valence-corrected chi connectivity index (χ0v) is 9.02. The van der Waals surface area contributed by atoms with Crippen molar-refractivity contribution in [3.05, 3.63) is 16.1 Å². The molecule has 0 radical (unpaired) electrons. The summed E-state index contributed by atoms with van der Waals surface area (Å²) in [4.78, 5) is 4.16. The van der Waals surface area contributed by atoms with E-state index in [2.05, 4.69) is 4.98 Å². The summed E-state index contributed by atoms with van der Waals surface area (Å²) in [6.07, 6.45) is -2.43. The molecule has 0 aliphatic heterocycles. The van der Waals surface area contributed by atoms with Crippen molar-refractivity contribution >= 4 is 11.3 Å². The van der Waals surface area contributed by atoms with E-state index in [1.807, 2.05) is 13.8 Å². The Morgan fingerprint density at radius 2 is 2.14 bits per heavy atom. The fourth-order valence-electron chi connectivity index (χ4n) is 1.09. The average molecular weight is 220 g/mol. The zero-order valence-electron chi connectivity index (χ0n) is 8.21. The standard InChI is InChI=1S/C9H14F2N2S/c1-5(2)9-13-7(4-14-9)6(3-12)8(10)11/h4-6,8H,3,12H2,1-2H3. The van der Waals surface area contributed by atoms with Gasteiger partial charge in [0.25, 0.3) is 0 Å². The maximum Gasteiger partial charge on any atom is 0.248 e. The van der Waals surface area contributed by atoms with Crippen LogP contribution in [0.1, 0.15) is 36.4 Å². The minimum absolute atomic E-state index is 0.0566.